The Kier molecular flexibility index (Phi) is 11.0. The van der Waals surface area contributed by atoms with E-state index in [4.69, 9.17) is 13.9 Å². The number of ether oxygens (including phenoxy) is 2. The van der Waals surface area contributed by atoms with Crippen molar-refractivity contribution in [1.82, 2.24) is 9.80 Å². The topological polar surface area (TPSA) is 71.5 Å². The molecule has 1 aliphatic heterocycles. The second-order valence-corrected chi connectivity index (χ2v) is 20.0. The molecule has 1 heterocycles. The summed E-state index contributed by atoms with van der Waals surface area (Å²) in [5.41, 5.74) is -0.439. The van der Waals surface area contributed by atoms with Crippen molar-refractivity contribution in [3.05, 3.63) is 71.8 Å². The first-order valence-electron chi connectivity index (χ1n) is 15.6. The van der Waals surface area contributed by atoms with Crippen molar-refractivity contribution in [2.45, 2.75) is 129 Å². The second-order valence-electron chi connectivity index (χ2n) is 15.2. The summed E-state index contributed by atoms with van der Waals surface area (Å²) < 4.78 is 19.1. The summed E-state index contributed by atoms with van der Waals surface area (Å²) in [6.07, 6.45) is -0.755. The summed E-state index contributed by atoms with van der Waals surface area (Å²) in [5.74, 6) is 0. The lowest BCUT2D eigenvalue weighted by atomic mass is 9.91. The van der Waals surface area contributed by atoms with Crippen molar-refractivity contribution < 1.29 is 23.8 Å². The van der Waals surface area contributed by atoms with Crippen LogP contribution < -0.4 is 0 Å². The zero-order valence-corrected chi connectivity index (χ0v) is 29.4. The maximum Gasteiger partial charge on any atom is 0.413 e. The summed E-state index contributed by atoms with van der Waals surface area (Å²) in [6.45, 7) is 24.5. The van der Waals surface area contributed by atoms with Crippen LogP contribution in [0.25, 0.3) is 0 Å². The van der Waals surface area contributed by atoms with Crippen LogP contribution in [0.5, 0.6) is 0 Å². The molecule has 1 saturated heterocycles. The molecule has 0 aromatic heterocycles. The number of hydrogen-bond donors (Lipinski definition) is 1. The minimum atomic E-state index is -2.04. The summed E-state index contributed by atoms with van der Waals surface area (Å²) in [6, 6.07) is 20.3. The number of hydrogen-bond acceptors (Lipinski definition) is 6. The van der Waals surface area contributed by atoms with Gasteiger partial charge in [0.2, 0.25) is 0 Å². The normalized spacial score (nSPS) is 18.5. The maximum absolute atomic E-state index is 14.0. The number of benzene rings is 2. The molecule has 240 valence electrons. The Bertz CT molecular complexity index is 1110. The van der Waals surface area contributed by atoms with Gasteiger partial charge in [0.05, 0.1) is 23.8 Å². The third kappa shape index (κ3) is 9.14. The lowest BCUT2D eigenvalue weighted by Gasteiger charge is -2.44. The SMILES string of the molecule is CC(C)(O)[C@H](OC(=O)N1C(C)(C)COC1(C)C)[C@H](CCO[Si](C)(C)C(C)(C)C)N(Cc1ccccc1)Cc1ccccc1. The maximum atomic E-state index is 14.0. The van der Waals surface area contributed by atoms with E-state index in [2.05, 4.69) is 63.0 Å². The van der Waals surface area contributed by atoms with E-state index in [1.165, 1.54) is 0 Å². The number of amides is 1. The third-order valence-electron chi connectivity index (χ3n) is 8.99. The van der Waals surface area contributed by atoms with Crippen LogP contribution in [0.1, 0.15) is 79.9 Å². The summed E-state index contributed by atoms with van der Waals surface area (Å²) in [7, 11) is -2.04. The van der Waals surface area contributed by atoms with Crippen LogP contribution in [0.2, 0.25) is 18.1 Å². The fraction of sp³-hybridized carbons (Fsp3) is 0.629. The minimum absolute atomic E-state index is 0.0608. The van der Waals surface area contributed by atoms with Gasteiger partial charge in [0.25, 0.3) is 0 Å². The molecule has 1 aliphatic rings. The van der Waals surface area contributed by atoms with Crippen molar-refractivity contribution in [2.75, 3.05) is 13.2 Å². The first-order chi connectivity index (χ1) is 19.7. The van der Waals surface area contributed by atoms with Gasteiger partial charge in [0, 0.05) is 19.7 Å². The van der Waals surface area contributed by atoms with E-state index < -0.39 is 37.4 Å². The van der Waals surface area contributed by atoms with Gasteiger partial charge in [-0.2, -0.15) is 0 Å². The molecule has 0 aliphatic carbocycles. The molecule has 7 nitrogen and oxygen atoms in total. The highest BCUT2D eigenvalue weighted by molar-refractivity contribution is 6.74. The number of nitrogens with zero attached hydrogens (tertiary/aromatic N) is 2. The van der Waals surface area contributed by atoms with Gasteiger partial charge in [0.1, 0.15) is 11.8 Å². The average molecular weight is 613 g/mol. The Morgan fingerprint density at radius 2 is 1.44 bits per heavy atom. The van der Waals surface area contributed by atoms with Gasteiger partial charge in [-0.25, -0.2) is 4.79 Å². The van der Waals surface area contributed by atoms with Crippen LogP contribution in [0.15, 0.2) is 60.7 Å². The predicted octanol–water partition coefficient (Wildman–Crippen LogP) is 7.59. The Morgan fingerprint density at radius 3 is 1.84 bits per heavy atom. The molecule has 3 rings (SSSR count). The summed E-state index contributed by atoms with van der Waals surface area (Å²) in [5, 5.41) is 11.7. The highest BCUT2D eigenvalue weighted by atomic mass is 28.4. The smallest absolute Gasteiger partial charge is 0.413 e. The van der Waals surface area contributed by atoms with Crippen molar-refractivity contribution in [2.24, 2.45) is 0 Å². The Balaban J connectivity index is 2.05. The van der Waals surface area contributed by atoms with Gasteiger partial charge in [-0.1, -0.05) is 81.4 Å². The van der Waals surface area contributed by atoms with E-state index >= 15 is 0 Å². The molecule has 8 heteroatoms. The molecule has 0 saturated carbocycles. The summed E-state index contributed by atoms with van der Waals surface area (Å²) in [4.78, 5) is 18.0. The highest BCUT2D eigenvalue weighted by Gasteiger charge is 2.52. The van der Waals surface area contributed by atoms with E-state index in [0.29, 0.717) is 32.7 Å². The lowest BCUT2D eigenvalue weighted by molar-refractivity contribution is -0.122. The second kappa shape index (κ2) is 13.4. The molecule has 43 heavy (non-hydrogen) atoms. The van der Waals surface area contributed by atoms with Crippen LogP contribution in [0.4, 0.5) is 4.79 Å². The highest BCUT2D eigenvalue weighted by Crippen LogP contribution is 2.38. The monoisotopic (exact) mass is 612 g/mol. The molecular formula is C35H56N2O5Si. The van der Waals surface area contributed by atoms with E-state index in [1.807, 2.05) is 64.1 Å². The molecule has 1 fully saturated rings. The van der Waals surface area contributed by atoms with Gasteiger partial charge < -0.3 is 19.0 Å². The number of aliphatic hydroxyl groups is 1. The molecule has 2 aromatic rings. The summed E-state index contributed by atoms with van der Waals surface area (Å²) >= 11 is 0. The molecule has 0 unspecified atom stereocenters. The van der Waals surface area contributed by atoms with Crippen LogP contribution in [0, 0.1) is 0 Å². The van der Waals surface area contributed by atoms with Crippen molar-refractivity contribution in [3.8, 4) is 0 Å². The van der Waals surface area contributed by atoms with E-state index in [9.17, 15) is 9.90 Å². The average Bonchev–Trinajstić information content (AvgIpc) is 3.11. The van der Waals surface area contributed by atoms with E-state index in [0.717, 1.165) is 11.1 Å². The standard InChI is InChI=1S/C35H56N2O5Si/c1-32(2,3)43(10,11)41-23-22-29(36(24-27-18-14-12-15-19-27)25-28-20-16-13-17-21-28)30(34(6,7)39)42-31(38)37-33(4,5)26-40-35(37,8)9/h12-21,29-30,39H,22-26H2,1-11H3/t29-,30+/m0/s1. The number of rotatable bonds is 12. The van der Waals surface area contributed by atoms with Crippen molar-refractivity contribution in [1.29, 1.82) is 0 Å². The molecule has 2 atom stereocenters. The van der Waals surface area contributed by atoms with E-state index in [-0.39, 0.29) is 11.1 Å². The van der Waals surface area contributed by atoms with Gasteiger partial charge >= 0.3 is 6.09 Å². The zero-order valence-electron chi connectivity index (χ0n) is 28.4. The van der Waals surface area contributed by atoms with Crippen LogP contribution in [-0.2, 0) is 27.0 Å². The molecule has 0 spiro atoms. The zero-order chi connectivity index (χ0) is 32.3. The van der Waals surface area contributed by atoms with Gasteiger partial charge in [-0.3, -0.25) is 9.80 Å². The van der Waals surface area contributed by atoms with Crippen molar-refractivity contribution in [3.63, 3.8) is 0 Å². The van der Waals surface area contributed by atoms with E-state index in [1.54, 1.807) is 18.7 Å². The van der Waals surface area contributed by atoms with Gasteiger partial charge in [-0.05, 0) is 77.2 Å². The first-order valence-corrected chi connectivity index (χ1v) is 18.5. The van der Waals surface area contributed by atoms with Crippen LogP contribution in [-0.4, -0.2) is 71.5 Å². The fourth-order valence-electron chi connectivity index (χ4n) is 5.64. The number of carbonyl (C=O) groups excluding carboxylic acids is 1. The third-order valence-corrected chi connectivity index (χ3v) is 13.5. The molecule has 2 aromatic carbocycles. The Hall–Kier alpha value is -2.23. The molecular weight excluding hydrogens is 556 g/mol. The number of carbonyl (C=O) groups is 1. The molecule has 0 radical (unpaired) electrons. The van der Waals surface area contributed by atoms with Crippen LogP contribution >= 0.6 is 0 Å². The largest absolute Gasteiger partial charge is 0.441 e. The molecule has 0 bridgehead atoms. The quantitative estimate of drug-likeness (QED) is 0.249. The fourth-order valence-corrected chi connectivity index (χ4v) is 6.70. The van der Waals surface area contributed by atoms with Crippen LogP contribution in [0.3, 0.4) is 0 Å². The molecule has 1 amide bonds. The lowest BCUT2D eigenvalue weighted by Crippen LogP contribution is -2.59. The van der Waals surface area contributed by atoms with Gasteiger partial charge in [-0.15, -0.1) is 0 Å². The first kappa shape index (κ1) is 35.2. The Morgan fingerprint density at radius 1 is 0.953 bits per heavy atom. The van der Waals surface area contributed by atoms with Gasteiger partial charge in [0.15, 0.2) is 8.32 Å². The predicted molar refractivity (Wildman–Crippen MR) is 176 cm³/mol. The molecule has 1 N–H and O–H groups in total. The Labute approximate surface area is 261 Å². The van der Waals surface area contributed by atoms with Crippen molar-refractivity contribution >= 4 is 14.4 Å². The minimum Gasteiger partial charge on any atom is -0.441 e.